The average Bonchev–Trinajstić information content (AvgIpc) is 2.93. The molecule has 3 amide bonds. The zero-order valence-corrected chi connectivity index (χ0v) is 14.9. The summed E-state index contributed by atoms with van der Waals surface area (Å²) < 4.78 is 0. The Morgan fingerprint density at radius 2 is 1.93 bits per heavy atom. The van der Waals surface area contributed by atoms with Crippen molar-refractivity contribution in [2.75, 3.05) is 33.4 Å². The molecule has 2 unspecified atom stereocenters. The average molecular weight is 380 g/mol. The van der Waals surface area contributed by atoms with Crippen LogP contribution in [0.2, 0.25) is 0 Å². The summed E-state index contributed by atoms with van der Waals surface area (Å²) in [6.45, 7) is 0.00576. The number of fused-ring (bicyclic) bond motifs is 1. The summed E-state index contributed by atoms with van der Waals surface area (Å²) in [6.07, 6.45) is 1.49. The highest BCUT2D eigenvalue weighted by Crippen LogP contribution is 2.31. The molecule has 0 saturated carbocycles. The lowest BCUT2D eigenvalue weighted by Gasteiger charge is -2.47. The number of carbonyl (C=O) groups is 3. The van der Waals surface area contributed by atoms with E-state index in [9.17, 15) is 24.0 Å². The van der Waals surface area contributed by atoms with E-state index < -0.39 is 35.0 Å². The highest BCUT2D eigenvalue weighted by atomic mass is 16.2. The third kappa shape index (κ3) is 3.44. The molecule has 1 aromatic heterocycles. The predicted molar refractivity (Wildman–Crippen MR) is 94.9 cm³/mol. The lowest BCUT2D eigenvalue weighted by atomic mass is 10.0. The molecule has 0 aromatic carbocycles. The van der Waals surface area contributed by atoms with Gasteiger partial charge in [0.25, 0.3) is 11.5 Å². The van der Waals surface area contributed by atoms with Crippen LogP contribution in [0.3, 0.4) is 0 Å². The van der Waals surface area contributed by atoms with Gasteiger partial charge in [-0.25, -0.2) is 14.6 Å². The number of carbonyl (C=O) groups excluding carboxylic acids is 3. The van der Waals surface area contributed by atoms with Gasteiger partial charge in [0.1, 0.15) is 12.1 Å². The number of imide groups is 1. The maximum absolute atomic E-state index is 12.4. The van der Waals surface area contributed by atoms with E-state index in [2.05, 4.69) is 15.3 Å². The van der Waals surface area contributed by atoms with Gasteiger partial charge in [-0.05, 0) is 0 Å². The number of aromatic amines is 2. The van der Waals surface area contributed by atoms with Crippen molar-refractivity contribution in [3.63, 3.8) is 0 Å². The normalized spacial score (nSPS) is 23.8. The van der Waals surface area contributed by atoms with Gasteiger partial charge < -0.3 is 20.3 Å². The number of aromatic nitrogens is 2. The van der Waals surface area contributed by atoms with Gasteiger partial charge in [0.2, 0.25) is 5.66 Å². The Morgan fingerprint density at radius 3 is 2.48 bits per heavy atom. The molecule has 3 rings (SSSR count). The number of hydrogen-bond donors (Lipinski definition) is 4. The molecule has 0 aliphatic carbocycles. The zero-order chi connectivity index (χ0) is 20.4. The number of aliphatic imine (C=N–C) groups is 1. The van der Waals surface area contributed by atoms with E-state index in [1.54, 1.807) is 19.0 Å². The molecule has 13 heteroatoms. The summed E-state index contributed by atoms with van der Waals surface area (Å²) >= 11 is 0. The molecule has 1 saturated heterocycles. The minimum Gasteiger partial charge on any atom is -0.385 e. The number of hydrogen-bond acceptors (Lipinski definition) is 9. The topological polar surface area (TPSA) is 177 Å². The molecule has 1 aromatic rings. The summed E-state index contributed by atoms with van der Waals surface area (Å²) in [5.41, 5.74) is 2.81. The highest BCUT2D eigenvalue weighted by molar-refractivity contribution is 6.04. The SMILES string of the molecule is CN1C(=O)N(C)C2N=CN(C)C2(NCC=O)C1=O.Nc1cc(=O)[nH]c(=O)[nH]1. The van der Waals surface area contributed by atoms with Crippen molar-refractivity contribution in [1.29, 1.82) is 0 Å². The first-order valence-electron chi connectivity index (χ1n) is 7.74. The Balaban J connectivity index is 0.000000244. The number of nitrogens with zero attached hydrogens (tertiary/aromatic N) is 4. The van der Waals surface area contributed by atoms with Gasteiger partial charge in [0, 0.05) is 27.2 Å². The van der Waals surface area contributed by atoms with Gasteiger partial charge in [-0.1, -0.05) is 0 Å². The van der Waals surface area contributed by atoms with Gasteiger partial charge in [0.15, 0.2) is 6.17 Å². The molecule has 3 heterocycles. The second kappa shape index (κ2) is 7.41. The molecule has 2 aliphatic rings. The number of nitrogens with two attached hydrogens (primary N) is 1. The van der Waals surface area contributed by atoms with Crippen molar-refractivity contribution in [3.8, 4) is 0 Å². The molecular weight excluding hydrogens is 360 g/mol. The predicted octanol–water partition coefficient (Wildman–Crippen LogP) is -3.06. The molecular formula is C14H20N8O5. The van der Waals surface area contributed by atoms with Crippen LogP contribution in [0, 0.1) is 0 Å². The largest absolute Gasteiger partial charge is 0.385 e. The number of amides is 3. The summed E-state index contributed by atoms with van der Waals surface area (Å²) in [5, 5.41) is 2.88. The van der Waals surface area contributed by atoms with Crippen molar-refractivity contribution in [2.24, 2.45) is 4.99 Å². The van der Waals surface area contributed by atoms with Gasteiger partial charge in [-0.2, -0.15) is 0 Å². The van der Waals surface area contributed by atoms with Crippen molar-refractivity contribution >= 4 is 30.4 Å². The summed E-state index contributed by atoms with van der Waals surface area (Å²) in [4.78, 5) is 67.7. The number of aldehydes is 1. The number of nitrogen functional groups attached to an aromatic ring is 1. The Morgan fingerprint density at radius 1 is 1.26 bits per heavy atom. The van der Waals surface area contributed by atoms with E-state index in [1.807, 2.05) is 4.98 Å². The maximum Gasteiger partial charge on any atom is 0.328 e. The van der Waals surface area contributed by atoms with E-state index in [4.69, 9.17) is 5.73 Å². The standard InChI is InChI=1S/C10H15N5O3.C4H5N3O2/c1-13-6-11-7-10(13,12-4-5-16)8(17)15(3)9(18)14(7)2;5-2-1-3(8)7-4(9)6-2/h5-7,12H,4H2,1-3H3;1H,(H4,5,6,7,8,9). The lowest BCUT2D eigenvalue weighted by molar-refractivity contribution is -0.147. The first kappa shape index (κ1) is 19.8. The zero-order valence-electron chi connectivity index (χ0n) is 14.9. The number of rotatable bonds is 3. The number of nitrogens with one attached hydrogen (secondary N) is 3. The Kier molecular flexibility index (Phi) is 5.44. The summed E-state index contributed by atoms with van der Waals surface area (Å²) in [7, 11) is 4.66. The summed E-state index contributed by atoms with van der Waals surface area (Å²) in [6, 6.07) is 0.683. The van der Waals surface area contributed by atoms with E-state index in [1.165, 1.54) is 18.3 Å². The molecule has 0 radical (unpaired) electrons. The van der Waals surface area contributed by atoms with Crippen LogP contribution in [0.4, 0.5) is 10.6 Å². The monoisotopic (exact) mass is 380 g/mol. The molecule has 0 spiro atoms. The molecule has 5 N–H and O–H groups in total. The maximum atomic E-state index is 12.4. The minimum absolute atomic E-state index is 0.00576. The van der Waals surface area contributed by atoms with Gasteiger partial charge >= 0.3 is 11.7 Å². The Labute approximate surface area is 152 Å². The van der Waals surface area contributed by atoms with Crippen molar-refractivity contribution in [1.82, 2.24) is 30.0 Å². The Bertz CT molecular complexity index is 864. The van der Waals surface area contributed by atoms with Crippen LogP contribution in [0.1, 0.15) is 0 Å². The van der Waals surface area contributed by atoms with Crippen LogP contribution in [0.15, 0.2) is 20.6 Å². The smallest absolute Gasteiger partial charge is 0.328 e. The number of H-pyrrole nitrogens is 2. The lowest BCUT2D eigenvalue weighted by Crippen LogP contribution is -2.77. The molecule has 1 fully saturated rings. The molecule has 2 atom stereocenters. The van der Waals surface area contributed by atoms with Crippen LogP contribution < -0.4 is 22.3 Å². The van der Waals surface area contributed by atoms with Gasteiger partial charge in [0.05, 0.1) is 12.9 Å². The van der Waals surface area contributed by atoms with E-state index in [0.29, 0.717) is 6.29 Å². The second-order valence-electron chi connectivity index (χ2n) is 5.86. The van der Waals surface area contributed by atoms with Crippen LogP contribution in [0.5, 0.6) is 0 Å². The van der Waals surface area contributed by atoms with Crippen LogP contribution in [-0.2, 0) is 9.59 Å². The van der Waals surface area contributed by atoms with Crippen molar-refractivity contribution in [2.45, 2.75) is 11.8 Å². The third-order valence-electron chi connectivity index (χ3n) is 4.13. The number of urea groups is 1. The highest BCUT2D eigenvalue weighted by Gasteiger charge is 2.60. The van der Waals surface area contributed by atoms with Crippen LogP contribution in [0.25, 0.3) is 0 Å². The Hall–Kier alpha value is -3.48. The molecule has 146 valence electrons. The van der Waals surface area contributed by atoms with Gasteiger partial charge in [-0.15, -0.1) is 0 Å². The fourth-order valence-corrected chi connectivity index (χ4v) is 2.85. The van der Waals surface area contributed by atoms with Gasteiger partial charge in [-0.3, -0.25) is 29.8 Å². The van der Waals surface area contributed by atoms with E-state index >= 15 is 0 Å². The van der Waals surface area contributed by atoms with Crippen LogP contribution in [-0.4, -0.2) is 88.7 Å². The molecule has 13 nitrogen and oxygen atoms in total. The molecule has 2 aliphatic heterocycles. The van der Waals surface area contributed by atoms with Crippen molar-refractivity contribution in [3.05, 3.63) is 26.9 Å². The second-order valence-corrected chi connectivity index (χ2v) is 5.86. The first-order chi connectivity index (χ1) is 12.6. The molecule has 0 bridgehead atoms. The van der Waals surface area contributed by atoms with Crippen LogP contribution >= 0.6 is 0 Å². The quantitative estimate of drug-likeness (QED) is 0.399. The fraction of sp³-hybridized carbons (Fsp3) is 0.429. The summed E-state index contributed by atoms with van der Waals surface area (Å²) in [5.74, 6) is -0.346. The first-order valence-corrected chi connectivity index (χ1v) is 7.74. The van der Waals surface area contributed by atoms with Crippen molar-refractivity contribution < 1.29 is 14.4 Å². The minimum atomic E-state index is -1.20. The number of anilines is 1. The van der Waals surface area contributed by atoms with E-state index in [0.717, 1.165) is 11.0 Å². The molecule has 27 heavy (non-hydrogen) atoms. The number of likely N-dealkylation sites (N-methyl/N-ethyl adjacent to an activating group) is 3. The fourth-order valence-electron chi connectivity index (χ4n) is 2.85. The third-order valence-corrected chi connectivity index (χ3v) is 4.13. The van der Waals surface area contributed by atoms with E-state index in [-0.39, 0.29) is 12.4 Å².